The van der Waals surface area contributed by atoms with E-state index in [1.165, 1.54) is 11.9 Å². The van der Waals surface area contributed by atoms with E-state index in [1.54, 1.807) is 0 Å². The van der Waals surface area contributed by atoms with Crippen molar-refractivity contribution in [1.82, 2.24) is 4.90 Å². The Morgan fingerprint density at radius 3 is 2.48 bits per heavy atom. The number of nitro groups is 1. The highest BCUT2D eigenvalue weighted by molar-refractivity contribution is 7.89. The molecule has 0 fully saturated rings. The number of nitro benzene ring substituents is 1. The van der Waals surface area contributed by atoms with E-state index in [-0.39, 0.29) is 5.56 Å². The van der Waals surface area contributed by atoms with Gasteiger partial charge >= 0.3 is 0 Å². The summed E-state index contributed by atoms with van der Waals surface area (Å²) >= 11 is 5.68. The van der Waals surface area contributed by atoms with Gasteiger partial charge in [-0.2, -0.15) is 0 Å². The zero-order chi connectivity index (χ0) is 16.4. The van der Waals surface area contributed by atoms with Crippen LogP contribution in [-0.4, -0.2) is 37.7 Å². The number of hydrogen-bond acceptors (Lipinski definition) is 5. The van der Waals surface area contributed by atoms with Crippen LogP contribution in [0.15, 0.2) is 17.0 Å². The minimum absolute atomic E-state index is 0.161. The first kappa shape index (κ1) is 17.3. The van der Waals surface area contributed by atoms with Gasteiger partial charge in [0.25, 0.3) is 11.6 Å². The number of hydrogen-bond donors (Lipinski definition) is 1. The first-order chi connectivity index (χ1) is 9.59. The Hall–Kier alpha value is -1.71. The number of carbonyl (C=O) groups is 1. The van der Waals surface area contributed by atoms with E-state index in [0.717, 1.165) is 12.1 Å². The van der Waals surface area contributed by atoms with Gasteiger partial charge in [0.05, 0.1) is 4.92 Å². The molecule has 1 amide bonds. The third kappa shape index (κ3) is 3.90. The lowest BCUT2D eigenvalue weighted by atomic mass is 10.1. The largest absolute Gasteiger partial charge is 0.342 e. The van der Waals surface area contributed by atoms with E-state index < -0.39 is 36.5 Å². The number of primary sulfonamides is 1. The summed E-state index contributed by atoms with van der Waals surface area (Å²) in [6.07, 6.45) is 0.681. The minimum atomic E-state index is -4.29. The summed E-state index contributed by atoms with van der Waals surface area (Å²) in [5, 5.41) is 15.3. The van der Waals surface area contributed by atoms with Gasteiger partial charge in [0.2, 0.25) is 10.0 Å². The van der Waals surface area contributed by atoms with Crippen LogP contribution in [0, 0.1) is 10.1 Å². The molecule has 8 nitrogen and oxygen atoms in total. The zero-order valence-electron chi connectivity index (χ0n) is 11.4. The Kier molecular flexibility index (Phi) is 5.26. The van der Waals surface area contributed by atoms with Crippen LogP contribution in [0.25, 0.3) is 0 Å². The van der Waals surface area contributed by atoms with Crippen molar-refractivity contribution in [3.63, 3.8) is 0 Å². The third-order valence-electron chi connectivity index (χ3n) is 2.68. The summed E-state index contributed by atoms with van der Waals surface area (Å²) < 4.78 is 22.9. The summed E-state index contributed by atoms with van der Waals surface area (Å²) in [6.45, 7) is 2.27. The molecule has 0 aliphatic carbocycles. The molecule has 0 saturated carbocycles. The van der Waals surface area contributed by atoms with Crippen LogP contribution in [-0.2, 0) is 10.0 Å². The molecule has 1 aromatic rings. The molecule has 1 rings (SSSR count). The standard InChI is InChI=1S/C11H14ClN3O5S/c1-3-4-14(2)11(16)7-5-8(15(17)18)10(12)9(6-7)21(13,19)20/h5-6H,3-4H2,1-2H3,(H2,13,19,20). The van der Waals surface area contributed by atoms with Gasteiger partial charge in [-0.3, -0.25) is 14.9 Å². The molecule has 116 valence electrons. The molecule has 0 aromatic heterocycles. The highest BCUT2D eigenvalue weighted by Gasteiger charge is 2.26. The van der Waals surface area contributed by atoms with Crippen molar-refractivity contribution in [2.75, 3.05) is 13.6 Å². The van der Waals surface area contributed by atoms with E-state index in [9.17, 15) is 23.3 Å². The summed E-state index contributed by atoms with van der Waals surface area (Å²) in [6, 6.07) is 1.88. The van der Waals surface area contributed by atoms with E-state index in [2.05, 4.69) is 0 Å². The van der Waals surface area contributed by atoms with Crippen LogP contribution >= 0.6 is 11.6 Å². The summed E-state index contributed by atoms with van der Waals surface area (Å²) in [4.78, 5) is 22.9. The van der Waals surface area contributed by atoms with Crippen LogP contribution in [0.2, 0.25) is 5.02 Å². The van der Waals surface area contributed by atoms with Gasteiger partial charge in [0.1, 0.15) is 9.92 Å². The van der Waals surface area contributed by atoms with Crippen molar-refractivity contribution in [3.8, 4) is 0 Å². The molecule has 0 saturated heterocycles. The maximum absolute atomic E-state index is 12.1. The van der Waals surface area contributed by atoms with Crippen molar-refractivity contribution in [1.29, 1.82) is 0 Å². The Balaban J connectivity index is 3.52. The van der Waals surface area contributed by atoms with E-state index >= 15 is 0 Å². The monoisotopic (exact) mass is 335 g/mol. The van der Waals surface area contributed by atoms with Gasteiger partial charge in [0, 0.05) is 25.2 Å². The number of amides is 1. The lowest BCUT2D eigenvalue weighted by Gasteiger charge is -2.16. The van der Waals surface area contributed by atoms with Crippen LogP contribution < -0.4 is 5.14 Å². The molecule has 21 heavy (non-hydrogen) atoms. The van der Waals surface area contributed by atoms with Crippen molar-refractivity contribution in [2.45, 2.75) is 18.2 Å². The maximum Gasteiger partial charge on any atom is 0.290 e. The van der Waals surface area contributed by atoms with Crippen molar-refractivity contribution >= 4 is 33.2 Å². The predicted octanol–water partition coefficient (Wildman–Crippen LogP) is 1.38. The van der Waals surface area contributed by atoms with Gasteiger partial charge in [0.15, 0.2) is 0 Å². The smallest absolute Gasteiger partial charge is 0.290 e. The van der Waals surface area contributed by atoms with E-state index in [4.69, 9.17) is 16.7 Å². The van der Waals surface area contributed by atoms with Crippen LogP contribution in [0.5, 0.6) is 0 Å². The second kappa shape index (κ2) is 6.37. The normalized spacial score (nSPS) is 11.2. The maximum atomic E-state index is 12.1. The molecule has 2 N–H and O–H groups in total. The SMILES string of the molecule is CCCN(C)C(=O)c1cc([N+](=O)[O-])c(Cl)c(S(N)(=O)=O)c1. The predicted molar refractivity (Wildman–Crippen MR) is 76.7 cm³/mol. The van der Waals surface area contributed by atoms with Crippen LogP contribution in [0.3, 0.4) is 0 Å². The second-order valence-electron chi connectivity index (χ2n) is 4.34. The average Bonchev–Trinajstić information content (AvgIpc) is 2.36. The summed E-state index contributed by atoms with van der Waals surface area (Å²) in [5.41, 5.74) is -0.845. The highest BCUT2D eigenvalue weighted by atomic mass is 35.5. The lowest BCUT2D eigenvalue weighted by Crippen LogP contribution is -2.28. The Morgan fingerprint density at radius 2 is 2.05 bits per heavy atom. The molecule has 0 aliphatic rings. The van der Waals surface area contributed by atoms with Crippen molar-refractivity contribution in [3.05, 3.63) is 32.8 Å². The topological polar surface area (TPSA) is 124 Å². The first-order valence-electron chi connectivity index (χ1n) is 5.85. The fraction of sp³-hybridized carbons (Fsp3) is 0.364. The van der Waals surface area contributed by atoms with E-state index in [1.807, 2.05) is 6.92 Å². The lowest BCUT2D eigenvalue weighted by molar-refractivity contribution is -0.384. The molecule has 0 atom stereocenters. The number of nitrogens with two attached hydrogens (primary N) is 1. The van der Waals surface area contributed by atoms with Crippen molar-refractivity contribution in [2.24, 2.45) is 5.14 Å². The number of benzene rings is 1. The highest BCUT2D eigenvalue weighted by Crippen LogP contribution is 2.32. The van der Waals surface area contributed by atoms with E-state index in [0.29, 0.717) is 13.0 Å². The molecular formula is C11H14ClN3O5S. The Morgan fingerprint density at radius 1 is 1.48 bits per heavy atom. The number of nitrogens with zero attached hydrogens (tertiary/aromatic N) is 2. The second-order valence-corrected chi connectivity index (χ2v) is 6.24. The van der Waals surface area contributed by atoms with Crippen molar-refractivity contribution < 1.29 is 18.1 Å². The molecule has 10 heteroatoms. The average molecular weight is 336 g/mol. The number of sulfonamides is 1. The molecule has 0 aliphatic heterocycles. The Labute approximate surface area is 126 Å². The fourth-order valence-corrected chi connectivity index (χ4v) is 2.85. The third-order valence-corrected chi connectivity index (χ3v) is 4.12. The summed E-state index contributed by atoms with van der Waals surface area (Å²) in [7, 11) is -2.79. The molecule has 0 radical (unpaired) electrons. The van der Waals surface area contributed by atoms with Gasteiger partial charge in [-0.25, -0.2) is 13.6 Å². The number of rotatable bonds is 5. The zero-order valence-corrected chi connectivity index (χ0v) is 12.9. The fourth-order valence-electron chi connectivity index (χ4n) is 1.70. The summed E-state index contributed by atoms with van der Waals surface area (Å²) in [5.74, 6) is -0.554. The van der Waals surface area contributed by atoms with Crippen LogP contribution in [0.4, 0.5) is 5.69 Å². The van der Waals surface area contributed by atoms with Gasteiger partial charge in [-0.15, -0.1) is 0 Å². The van der Waals surface area contributed by atoms with Gasteiger partial charge in [-0.05, 0) is 12.5 Å². The van der Waals surface area contributed by atoms with Gasteiger partial charge < -0.3 is 4.90 Å². The molecule has 1 aromatic carbocycles. The molecular weight excluding hydrogens is 322 g/mol. The Bertz CT molecular complexity index is 689. The molecule has 0 bridgehead atoms. The van der Waals surface area contributed by atoms with Gasteiger partial charge in [-0.1, -0.05) is 18.5 Å². The molecule has 0 spiro atoms. The number of halogens is 1. The van der Waals surface area contributed by atoms with Crippen LogP contribution in [0.1, 0.15) is 23.7 Å². The first-order valence-corrected chi connectivity index (χ1v) is 7.78. The number of carbonyl (C=O) groups excluding carboxylic acids is 1. The quantitative estimate of drug-likeness (QED) is 0.643. The molecule has 0 unspecified atom stereocenters. The molecule has 0 heterocycles. The minimum Gasteiger partial charge on any atom is -0.342 e.